The Hall–Kier alpha value is -0.930. The molecule has 8 N–H and O–H groups in total. The zero-order valence-corrected chi connectivity index (χ0v) is 29.9. The first-order valence-electron chi connectivity index (χ1n) is 18.7. The Labute approximate surface area is 289 Å². The van der Waals surface area contributed by atoms with Gasteiger partial charge in [0.05, 0.1) is 30.3 Å². The summed E-state index contributed by atoms with van der Waals surface area (Å²) in [5.74, 6) is -0.568. The molecule has 0 aromatic carbocycles. The van der Waals surface area contributed by atoms with Crippen molar-refractivity contribution in [3.05, 3.63) is 0 Å². The van der Waals surface area contributed by atoms with E-state index in [-0.39, 0.29) is 40.6 Å². The number of aliphatic hydroxyl groups excluding tert-OH is 7. The number of ether oxygens (including phenoxy) is 3. The van der Waals surface area contributed by atoms with Gasteiger partial charge in [0, 0.05) is 18.3 Å². The number of aliphatic hydroxyl groups is 8. The minimum atomic E-state index is -1.75. The first kappa shape index (κ1) is 36.4. The quantitative estimate of drug-likeness (QED) is 0.185. The fourth-order valence-corrected chi connectivity index (χ4v) is 13.5. The van der Waals surface area contributed by atoms with Crippen molar-refractivity contribution < 1.29 is 59.9 Å². The lowest BCUT2D eigenvalue weighted by molar-refractivity contribution is -0.300. The maximum Gasteiger partial charge on any atom is 0.317 e. The Morgan fingerprint density at radius 2 is 1.51 bits per heavy atom. The number of hydrogen-bond donors (Lipinski definition) is 8. The second kappa shape index (κ2) is 11.5. The van der Waals surface area contributed by atoms with Gasteiger partial charge in [-0.2, -0.15) is 0 Å². The summed E-state index contributed by atoms with van der Waals surface area (Å²) in [4.78, 5) is 14.1. The minimum absolute atomic E-state index is 0.0129. The second-order valence-corrected chi connectivity index (χ2v) is 18.4. The van der Waals surface area contributed by atoms with Gasteiger partial charge in [0.25, 0.3) is 0 Å². The molecular weight excluding hydrogens is 636 g/mol. The van der Waals surface area contributed by atoms with Crippen molar-refractivity contribution in [1.29, 1.82) is 0 Å². The normalized spacial score (nSPS) is 58.7. The molecule has 0 aromatic rings. The summed E-state index contributed by atoms with van der Waals surface area (Å²) >= 11 is 0. The molecule has 0 bridgehead atoms. The summed E-state index contributed by atoms with van der Waals surface area (Å²) in [5.41, 5.74) is -3.56. The minimum Gasteiger partial charge on any atom is -0.432 e. The smallest absolute Gasteiger partial charge is 0.317 e. The van der Waals surface area contributed by atoms with Crippen molar-refractivity contribution in [2.24, 2.45) is 56.7 Å². The third kappa shape index (κ3) is 4.48. The molecular formula is C37H60O12. The molecule has 2 spiro atoms. The molecule has 2 saturated heterocycles. The van der Waals surface area contributed by atoms with Crippen LogP contribution in [0, 0.1) is 56.7 Å². The molecule has 7 fully saturated rings. The molecule has 19 atom stereocenters. The van der Waals surface area contributed by atoms with Crippen molar-refractivity contribution in [2.45, 2.75) is 160 Å². The van der Waals surface area contributed by atoms with Crippen LogP contribution in [0.2, 0.25) is 0 Å². The highest BCUT2D eigenvalue weighted by Gasteiger charge is 2.86. The molecule has 0 amide bonds. The summed E-state index contributed by atoms with van der Waals surface area (Å²) in [6, 6.07) is 0. The molecule has 0 unspecified atom stereocenters. The Morgan fingerprint density at radius 1 is 0.837 bits per heavy atom. The van der Waals surface area contributed by atoms with Crippen LogP contribution in [-0.2, 0) is 19.0 Å². The Bertz CT molecular complexity index is 1310. The largest absolute Gasteiger partial charge is 0.432 e. The van der Waals surface area contributed by atoms with E-state index in [1.54, 1.807) is 6.92 Å². The summed E-state index contributed by atoms with van der Waals surface area (Å²) in [5, 5.41) is 86.1. The van der Waals surface area contributed by atoms with Crippen molar-refractivity contribution >= 4 is 5.97 Å². The van der Waals surface area contributed by atoms with E-state index in [1.807, 2.05) is 13.8 Å². The molecule has 0 aromatic heterocycles. The third-order valence-corrected chi connectivity index (χ3v) is 16.8. The van der Waals surface area contributed by atoms with Gasteiger partial charge in [-0.1, -0.05) is 34.6 Å². The zero-order chi connectivity index (χ0) is 35.9. The highest BCUT2D eigenvalue weighted by Crippen LogP contribution is 2.89. The standard InChI is InChI=1S/C37H60O12/c1-17(2)37(46)14-20(48-31(37)45)18(3)19-9-10-33(5)22-7-8-23-34(6,30(44)49-29-28(43)27(42)26(41)21(15-38)47-29)24(39)13-25(40)36(23)16-35(22,36)12-11-32(19,33)4/h17-29,31,38-43,45-46H,7-16H2,1-6H3/t18-,19+,20+,21+,22-,23-,24-,25-,26+,27-,28+,29-,31-,32+,33-,34-,35-,36+,37-/m0/s1. The van der Waals surface area contributed by atoms with Gasteiger partial charge in [-0.3, -0.25) is 4.79 Å². The van der Waals surface area contributed by atoms with Crippen LogP contribution in [-0.4, -0.2) is 114 Å². The molecule has 5 aliphatic carbocycles. The van der Waals surface area contributed by atoms with E-state index in [4.69, 9.17) is 14.2 Å². The summed E-state index contributed by atoms with van der Waals surface area (Å²) in [6.45, 7) is 11.9. The van der Waals surface area contributed by atoms with Crippen molar-refractivity contribution in [2.75, 3.05) is 6.61 Å². The topological polar surface area (TPSA) is 207 Å². The van der Waals surface area contributed by atoms with E-state index in [0.717, 1.165) is 38.5 Å². The van der Waals surface area contributed by atoms with Crippen LogP contribution in [0.3, 0.4) is 0 Å². The Morgan fingerprint density at radius 3 is 2.14 bits per heavy atom. The molecule has 7 rings (SSSR count). The zero-order valence-electron chi connectivity index (χ0n) is 29.9. The van der Waals surface area contributed by atoms with E-state index in [0.29, 0.717) is 24.7 Å². The predicted molar refractivity (Wildman–Crippen MR) is 173 cm³/mol. The van der Waals surface area contributed by atoms with Crippen LogP contribution in [0.25, 0.3) is 0 Å². The Balaban J connectivity index is 1.14. The van der Waals surface area contributed by atoms with Gasteiger partial charge in [-0.15, -0.1) is 0 Å². The van der Waals surface area contributed by atoms with Crippen LogP contribution in [0.5, 0.6) is 0 Å². The molecule has 2 aliphatic heterocycles. The van der Waals surface area contributed by atoms with Gasteiger partial charge in [-0.05, 0) is 97.7 Å². The first-order chi connectivity index (χ1) is 22.8. The number of esters is 1. The number of carbonyl (C=O) groups excluding carboxylic acids is 1. The molecule has 280 valence electrons. The number of fused-ring (bicyclic) bond motifs is 2. The number of hydrogen-bond acceptors (Lipinski definition) is 12. The van der Waals surface area contributed by atoms with Gasteiger partial charge in [-0.25, -0.2) is 0 Å². The fourth-order valence-electron chi connectivity index (χ4n) is 13.5. The molecule has 12 heteroatoms. The highest BCUT2D eigenvalue weighted by molar-refractivity contribution is 5.78. The SMILES string of the molecule is CC(C)[C@@]1(O)C[C@H]([C@@H](C)[C@H]2CC[C@@]3(C)[C@@H]4CC[C@H]5[C@](C)(C(=O)O[C@@H]6O[C@H](CO)[C@@H](O)[C@H](O)[C@H]6O)[C@@H](O)C[C@H](O)[C@@]56C[C@@]46CC[C@]23C)O[C@@H]1O. The summed E-state index contributed by atoms with van der Waals surface area (Å²) in [7, 11) is 0. The average Bonchev–Trinajstić information content (AvgIpc) is 3.54. The summed E-state index contributed by atoms with van der Waals surface area (Å²) < 4.78 is 17.3. The molecule has 12 nitrogen and oxygen atoms in total. The highest BCUT2D eigenvalue weighted by atomic mass is 16.7. The van der Waals surface area contributed by atoms with Crippen LogP contribution in [0.15, 0.2) is 0 Å². The molecule has 7 aliphatic rings. The van der Waals surface area contributed by atoms with E-state index in [1.165, 1.54) is 0 Å². The van der Waals surface area contributed by atoms with E-state index < -0.39 is 84.1 Å². The molecule has 0 radical (unpaired) electrons. The van der Waals surface area contributed by atoms with Gasteiger partial charge in [0.1, 0.15) is 30.0 Å². The monoisotopic (exact) mass is 696 g/mol. The van der Waals surface area contributed by atoms with Crippen LogP contribution >= 0.6 is 0 Å². The maximum atomic E-state index is 14.1. The van der Waals surface area contributed by atoms with Crippen LogP contribution in [0.1, 0.15) is 99.3 Å². The predicted octanol–water partition coefficient (Wildman–Crippen LogP) is 1.21. The first-order valence-corrected chi connectivity index (χ1v) is 18.7. The lowest BCUT2D eigenvalue weighted by atomic mass is 9.41. The van der Waals surface area contributed by atoms with Gasteiger partial charge in [0.2, 0.25) is 6.29 Å². The number of rotatable bonds is 6. The molecule has 49 heavy (non-hydrogen) atoms. The van der Waals surface area contributed by atoms with Crippen LogP contribution in [0.4, 0.5) is 0 Å². The lowest BCUT2D eigenvalue weighted by Crippen LogP contribution is -2.65. The van der Waals surface area contributed by atoms with E-state index in [9.17, 15) is 45.6 Å². The summed E-state index contributed by atoms with van der Waals surface area (Å²) in [6.07, 6.45) is -4.93. The Kier molecular flexibility index (Phi) is 8.57. The second-order valence-electron chi connectivity index (χ2n) is 18.4. The van der Waals surface area contributed by atoms with Gasteiger partial charge >= 0.3 is 5.97 Å². The van der Waals surface area contributed by atoms with E-state index in [2.05, 4.69) is 20.8 Å². The van der Waals surface area contributed by atoms with Gasteiger partial charge in [0.15, 0.2) is 6.29 Å². The maximum absolute atomic E-state index is 14.1. The van der Waals surface area contributed by atoms with Gasteiger partial charge < -0.3 is 55.1 Å². The van der Waals surface area contributed by atoms with Crippen molar-refractivity contribution in [3.63, 3.8) is 0 Å². The third-order valence-electron chi connectivity index (χ3n) is 16.8. The van der Waals surface area contributed by atoms with Crippen LogP contribution < -0.4 is 0 Å². The van der Waals surface area contributed by atoms with Crippen molar-refractivity contribution in [1.82, 2.24) is 0 Å². The van der Waals surface area contributed by atoms with E-state index >= 15 is 0 Å². The lowest BCUT2D eigenvalue weighted by Gasteiger charge is -2.64. The number of carbonyl (C=O) groups is 1. The molecule has 5 saturated carbocycles. The average molecular weight is 697 g/mol. The molecule has 2 heterocycles. The fraction of sp³-hybridized carbons (Fsp3) is 0.973. The van der Waals surface area contributed by atoms with Crippen molar-refractivity contribution in [3.8, 4) is 0 Å².